The number of nitrogens with zero attached hydrogens (tertiary/aromatic N) is 4. The van der Waals surface area contributed by atoms with Crippen LogP contribution in [0, 0.1) is 0 Å². The summed E-state index contributed by atoms with van der Waals surface area (Å²) in [4.78, 5) is 0. The monoisotopic (exact) mass is 245 g/mol. The van der Waals surface area contributed by atoms with Crippen molar-refractivity contribution in [2.75, 3.05) is 6.54 Å². The zero-order valence-electron chi connectivity index (χ0n) is 10.9. The normalized spacial score (nSPS) is 11.7. The van der Waals surface area contributed by atoms with Gasteiger partial charge in [-0.1, -0.05) is 44.2 Å². The SMILES string of the molecule is CC(C)(Cc1ccccc1)c1nnnn1CCN. The first-order chi connectivity index (χ1) is 8.63. The fourth-order valence-electron chi connectivity index (χ4n) is 2.15. The fourth-order valence-corrected chi connectivity index (χ4v) is 2.15. The van der Waals surface area contributed by atoms with Gasteiger partial charge in [0.05, 0.1) is 6.54 Å². The maximum absolute atomic E-state index is 5.57. The van der Waals surface area contributed by atoms with E-state index in [1.165, 1.54) is 5.56 Å². The summed E-state index contributed by atoms with van der Waals surface area (Å²) in [6.07, 6.45) is 0.902. The smallest absolute Gasteiger partial charge is 0.157 e. The van der Waals surface area contributed by atoms with Gasteiger partial charge in [-0.3, -0.25) is 0 Å². The van der Waals surface area contributed by atoms with Crippen molar-refractivity contribution in [3.63, 3.8) is 0 Å². The predicted octanol–water partition coefficient (Wildman–Crippen LogP) is 1.15. The Balaban J connectivity index is 2.22. The lowest BCUT2D eigenvalue weighted by atomic mass is 9.85. The standard InChI is InChI=1S/C13H19N5/c1-13(2,10-11-6-4-3-5-7-11)12-15-16-17-18(12)9-8-14/h3-7H,8-10,14H2,1-2H3. The molecule has 2 N–H and O–H groups in total. The van der Waals surface area contributed by atoms with Gasteiger partial charge in [0.15, 0.2) is 5.82 Å². The molecule has 0 fully saturated rings. The Hall–Kier alpha value is -1.75. The van der Waals surface area contributed by atoms with E-state index < -0.39 is 0 Å². The number of hydrogen-bond acceptors (Lipinski definition) is 4. The zero-order chi connectivity index (χ0) is 13.0. The van der Waals surface area contributed by atoms with Crippen LogP contribution in [0.2, 0.25) is 0 Å². The van der Waals surface area contributed by atoms with Crippen molar-refractivity contribution >= 4 is 0 Å². The van der Waals surface area contributed by atoms with E-state index in [9.17, 15) is 0 Å². The average Bonchev–Trinajstić information content (AvgIpc) is 2.79. The lowest BCUT2D eigenvalue weighted by Crippen LogP contribution is -2.27. The summed E-state index contributed by atoms with van der Waals surface area (Å²) in [5.41, 5.74) is 6.74. The maximum Gasteiger partial charge on any atom is 0.157 e. The Labute approximate surface area is 107 Å². The molecule has 96 valence electrons. The van der Waals surface area contributed by atoms with Crippen LogP contribution in [0.5, 0.6) is 0 Å². The van der Waals surface area contributed by atoms with Crippen molar-refractivity contribution in [3.8, 4) is 0 Å². The van der Waals surface area contributed by atoms with Crippen molar-refractivity contribution in [2.45, 2.75) is 32.2 Å². The molecule has 2 aromatic rings. The molecule has 18 heavy (non-hydrogen) atoms. The summed E-state index contributed by atoms with van der Waals surface area (Å²) >= 11 is 0. The van der Waals surface area contributed by atoms with Crippen molar-refractivity contribution in [1.29, 1.82) is 0 Å². The molecule has 5 nitrogen and oxygen atoms in total. The number of benzene rings is 1. The number of nitrogens with two attached hydrogens (primary N) is 1. The van der Waals surface area contributed by atoms with Crippen molar-refractivity contribution in [1.82, 2.24) is 20.2 Å². The lowest BCUT2D eigenvalue weighted by molar-refractivity contribution is 0.438. The summed E-state index contributed by atoms with van der Waals surface area (Å²) in [6.45, 7) is 5.50. The molecule has 0 aliphatic rings. The first-order valence-corrected chi connectivity index (χ1v) is 6.14. The summed E-state index contributed by atoms with van der Waals surface area (Å²) in [5.74, 6) is 0.886. The second kappa shape index (κ2) is 5.27. The van der Waals surface area contributed by atoms with Gasteiger partial charge in [0, 0.05) is 12.0 Å². The Morgan fingerprint density at radius 1 is 1.22 bits per heavy atom. The number of aromatic nitrogens is 4. The van der Waals surface area contributed by atoms with Crippen LogP contribution in [0.15, 0.2) is 30.3 Å². The Morgan fingerprint density at radius 3 is 2.61 bits per heavy atom. The van der Waals surface area contributed by atoms with Gasteiger partial charge in [0.1, 0.15) is 0 Å². The first-order valence-electron chi connectivity index (χ1n) is 6.14. The molecule has 5 heteroatoms. The van der Waals surface area contributed by atoms with Gasteiger partial charge in [-0.2, -0.15) is 0 Å². The predicted molar refractivity (Wildman–Crippen MR) is 70.0 cm³/mol. The van der Waals surface area contributed by atoms with Crippen LogP contribution in [-0.4, -0.2) is 26.8 Å². The van der Waals surface area contributed by atoms with Gasteiger partial charge in [-0.15, -0.1) is 5.10 Å². The molecule has 0 saturated carbocycles. The molecule has 0 radical (unpaired) electrons. The Kier molecular flexibility index (Phi) is 3.72. The average molecular weight is 245 g/mol. The highest BCUT2D eigenvalue weighted by atomic mass is 15.5. The summed E-state index contributed by atoms with van der Waals surface area (Å²) in [6, 6.07) is 10.4. The molecule has 2 rings (SSSR count). The number of rotatable bonds is 5. The van der Waals surface area contributed by atoms with E-state index in [2.05, 4.69) is 41.5 Å². The van der Waals surface area contributed by atoms with Gasteiger partial charge >= 0.3 is 0 Å². The molecule has 0 saturated heterocycles. The van der Waals surface area contributed by atoms with Crippen LogP contribution in [0.3, 0.4) is 0 Å². The molecule has 0 amide bonds. The molecule has 0 unspecified atom stereocenters. The van der Waals surface area contributed by atoms with Gasteiger partial charge in [-0.05, 0) is 22.4 Å². The van der Waals surface area contributed by atoms with Crippen LogP contribution < -0.4 is 5.73 Å². The van der Waals surface area contributed by atoms with Crippen LogP contribution in [0.1, 0.15) is 25.2 Å². The number of hydrogen-bond donors (Lipinski definition) is 1. The minimum absolute atomic E-state index is 0.111. The first kappa shape index (κ1) is 12.7. The highest BCUT2D eigenvalue weighted by Crippen LogP contribution is 2.25. The third-order valence-corrected chi connectivity index (χ3v) is 2.97. The molecular weight excluding hydrogens is 226 g/mol. The van der Waals surface area contributed by atoms with Crippen molar-refractivity contribution in [3.05, 3.63) is 41.7 Å². The zero-order valence-corrected chi connectivity index (χ0v) is 10.9. The van der Waals surface area contributed by atoms with E-state index in [1.54, 1.807) is 4.68 Å². The molecule has 0 aliphatic heterocycles. The van der Waals surface area contributed by atoms with Gasteiger partial charge < -0.3 is 5.73 Å². The van der Waals surface area contributed by atoms with Gasteiger partial charge in [0.25, 0.3) is 0 Å². The van der Waals surface area contributed by atoms with Crippen LogP contribution >= 0.6 is 0 Å². The molecule has 0 spiro atoms. The van der Waals surface area contributed by atoms with E-state index in [4.69, 9.17) is 5.73 Å². The Bertz CT molecular complexity index is 489. The minimum Gasteiger partial charge on any atom is -0.329 e. The van der Waals surface area contributed by atoms with Crippen LogP contribution in [-0.2, 0) is 18.4 Å². The summed E-state index contributed by atoms with van der Waals surface area (Å²) in [7, 11) is 0. The highest BCUT2D eigenvalue weighted by molar-refractivity contribution is 5.19. The molecule has 1 aromatic carbocycles. The van der Waals surface area contributed by atoms with Gasteiger partial charge in [0.2, 0.25) is 0 Å². The molecule has 1 heterocycles. The second-order valence-electron chi connectivity index (χ2n) is 5.06. The van der Waals surface area contributed by atoms with Crippen molar-refractivity contribution in [2.24, 2.45) is 5.73 Å². The third kappa shape index (κ3) is 2.73. The largest absolute Gasteiger partial charge is 0.329 e. The fraction of sp³-hybridized carbons (Fsp3) is 0.462. The Morgan fingerprint density at radius 2 is 1.94 bits per heavy atom. The van der Waals surface area contributed by atoms with E-state index in [0.717, 1.165) is 12.2 Å². The lowest BCUT2D eigenvalue weighted by Gasteiger charge is -2.23. The summed E-state index contributed by atoms with van der Waals surface area (Å²) < 4.78 is 1.79. The topological polar surface area (TPSA) is 69.6 Å². The summed E-state index contributed by atoms with van der Waals surface area (Å²) in [5, 5.41) is 11.9. The van der Waals surface area contributed by atoms with E-state index in [1.807, 2.05) is 18.2 Å². The third-order valence-electron chi connectivity index (χ3n) is 2.97. The van der Waals surface area contributed by atoms with Crippen molar-refractivity contribution < 1.29 is 0 Å². The second-order valence-corrected chi connectivity index (χ2v) is 5.06. The molecule has 0 bridgehead atoms. The van der Waals surface area contributed by atoms with E-state index >= 15 is 0 Å². The van der Waals surface area contributed by atoms with Gasteiger partial charge in [-0.25, -0.2) is 4.68 Å². The van der Waals surface area contributed by atoms with Crippen LogP contribution in [0.25, 0.3) is 0 Å². The molecule has 1 aromatic heterocycles. The van der Waals surface area contributed by atoms with E-state index in [0.29, 0.717) is 13.1 Å². The maximum atomic E-state index is 5.57. The number of tetrazole rings is 1. The van der Waals surface area contributed by atoms with Crippen LogP contribution in [0.4, 0.5) is 0 Å². The molecule has 0 atom stereocenters. The van der Waals surface area contributed by atoms with E-state index in [-0.39, 0.29) is 5.41 Å². The quantitative estimate of drug-likeness (QED) is 0.858. The molecular formula is C13H19N5. The highest BCUT2D eigenvalue weighted by Gasteiger charge is 2.27. The minimum atomic E-state index is -0.111. The molecule has 0 aliphatic carbocycles.